The number of rotatable bonds is 5. The van der Waals surface area contributed by atoms with E-state index in [1.54, 1.807) is 6.20 Å². The minimum atomic E-state index is -0.0729. The number of aryl methyl sites for hydroxylation is 1. The van der Waals surface area contributed by atoms with Gasteiger partial charge >= 0.3 is 0 Å². The van der Waals surface area contributed by atoms with Crippen LogP contribution in [0.5, 0.6) is 0 Å². The molecule has 1 aliphatic carbocycles. The van der Waals surface area contributed by atoms with Crippen LogP contribution in [0, 0.1) is 0 Å². The van der Waals surface area contributed by atoms with E-state index in [2.05, 4.69) is 15.0 Å². The summed E-state index contributed by atoms with van der Waals surface area (Å²) in [7, 11) is 0. The summed E-state index contributed by atoms with van der Waals surface area (Å²) >= 11 is 0. The second-order valence-corrected chi connectivity index (χ2v) is 8.85. The number of aromatic nitrogens is 4. The number of anilines is 1. The van der Waals surface area contributed by atoms with Gasteiger partial charge in [-0.05, 0) is 38.2 Å². The maximum absolute atomic E-state index is 12.8. The molecule has 3 aliphatic rings. The van der Waals surface area contributed by atoms with Crippen molar-refractivity contribution in [3.8, 4) is 0 Å². The molecule has 0 aromatic carbocycles. The zero-order chi connectivity index (χ0) is 21.3. The fourth-order valence-electron chi connectivity index (χ4n) is 5.22. The van der Waals surface area contributed by atoms with Crippen LogP contribution < -0.4 is 10.5 Å². The fourth-order valence-corrected chi connectivity index (χ4v) is 5.22. The first-order valence-electron chi connectivity index (χ1n) is 11.4. The lowest BCUT2D eigenvalue weighted by atomic mass is 9.76. The standard InChI is InChI=1S/C22H30N6O3/c29-18(3-1-9-28-10-2-8-23-28)26-11-6-22(7-12-26)5-4-17-19(22)24-21(25-20(17)30)27-13-15-31-16-14-27/h2,8,10H,1,3-7,9,11-16H2,(H,24,25,30). The first kappa shape index (κ1) is 20.2. The summed E-state index contributed by atoms with van der Waals surface area (Å²) < 4.78 is 7.30. The molecular weight excluding hydrogens is 396 g/mol. The molecule has 2 aromatic heterocycles. The monoisotopic (exact) mass is 426 g/mol. The van der Waals surface area contributed by atoms with Gasteiger partial charge in [-0.15, -0.1) is 0 Å². The number of ether oxygens (including phenoxy) is 1. The fraction of sp³-hybridized carbons (Fsp3) is 0.636. The SMILES string of the molecule is O=C(CCCn1cccn1)N1CCC2(CCc3c2nc(N2CCOCC2)[nH]c3=O)CC1. The molecule has 0 bridgehead atoms. The average Bonchev–Trinajstić information content (AvgIpc) is 3.44. The van der Waals surface area contributed by atoms with E-state index in [0.29, 0.717) is 25.6 Å². The maximum Gasteiger partial charge on any atom is 0.255 e. The Kier molecular flexibility index (Phi) is 5.52. The Hall–Kier alpha value is -2.68. The van der Waals surface area contributed by atoms with Crippen molar-refractivity contribution in [1.82, 2.24) is 24.6 Å². The van der Waals surface area contributed by atoms with Gasteiger partial charge in [0.2, 0.25) is 11.9 Å². The average molecular weight is 427 g/mol. The third-order valence-electron chi connectivity index (χ3n) is 7.08. The van der Waals surface area contributed by atoms with Gasteiger partial charge in [0.15, 0.2) is 0 Å². The van der Waals surface area contributed by atoms with Crippen LogP contribution in [0.2, 0.25) is 0 Å². The number of hydrogen-bond donors (Lipinski definition) is 1. The predicted octanol–water partition coefficient (Wildman–Crippen LogP) is 1.09. The molecule has 166 valence electrons. The van der Waals surface area contributed by atoms with Crippen molar-refractivity contribution in [2.45, 2.75) is 50.5 Å². The van der Waals surface area contributed by atoms with Crippen molar-refractivity contribution >= 4 is 11.9 Å². The Balaban J connectivity index is 1.24. The molecule has 9 heteroatoms. The van der Waals surface area contributed by atoms with E-state index in [4.69, 9.17) is 9.72 Å². The number of amides is 1. The summed E-state index contributed by atoms with van der Waals surface area (Å²) in [5.41, 5.74) is 1.75. The van der Waals surface area contributed by atoms with E-state index in [0.717, 1.165) is 76.1 Å². The smallest absolute Gasteiger partial charge is 0.255 e. The van der Waals surface area contributed by atoms with Gasteiger partial charge < -0.3 is 14.5 Å². The third-order valence-corrected chi connectivity index (χ3v) is 7.08. The van der Waals surface area contributed by atoms with Crippen LogP contribution in [0.25, 0.3) is 0 Å². The largest absolute Gasteiger partial charge is 0.378 e. The number of H-pyrrole nitrogens is 1. The number of aromatic amines is 1. The molecule has 0 atom stereocenters. The Morgan fingerprint density at radius 2 is 1.97 bits per heavy atom. The Morgan fingerprint density at radius 3 is 2.71 bits per heavy atom. The molecule has 1 N–H and O–H groups in total. The number of carbonyl (C=O) groups excluding carboxylic acids is 1. The van der Waals surface area contributed by atoms with Crippen molar-refractivity contribution in [2.75, 3.05) is 44.3 Å². The lowest BCUT2D eigenvalue weighted by Gasteiger charge is -2.39. The summed E-state index contributed by atoms with van der Waals surface area (Å²) in [6, 6.07) is 1.90. The van der Waals surface area contributed by atoms with Crippen LogP contribution in [-0.2, 0) is 27.9 Å². The van der Waals surface area contributed by atoms with E-state index in [9.17, 15) is 9.59 Å². The van der Waals surface area contributed by atoms with Crippen molar-refractivity contribution in [2.24, 2.45) is 0 Å². The quantitative estimate of drug-likeness (QED) is 0.769. The highest BCUT2D eigenvalue weighted by Crippen LogP contribution is 2.44. The number of morpholine rings is 1. The molecule has 0 unspecified atom stereocenters. The van der Waals surface area contributed by atoms with Crippen LogP contribution in [0.3, 0.4) is 0 Å². The molecule has 0 radical (unpaired) electrons. The van der Waals surface area contributed by atoms with Gasteiger partial charge in [0.1, 0.15) is 0 Å². The normalized spacial score (nSPS) is 20.3. The number of likely N-dealkylation sites (tertiary alicyclic amines) is 1. The second kappa shape index (κ2) is 8.45. The summed E-state index contributed by atoms with van der Waals surface area (Å²) in [6.45, 7) is 5.04. The topological polar surface area (TPSA) is 96.3 Å². The molecule has 5 rings (SSSR count). The molecule has 2 aromatic rings. The molecule has 2 saturated heterocycles. The number of piperidine rings is 1. The maximum atomic E-state index is 12.8. The first-order chi connectivity index (χ1) is 15.1. The molecule has 1 spiro atoms. The van der Waals surface area contributed by atoms with Crippen LogP contribution in [0.4, 0.5) is 5.95 Å². The van der Waals surface area contributed by atoms with Crippen molar-refractivity contribution < 1.29 is 9.53 Å². The Bertz CT molecular complexity index is 972. The molecular formula is C22H30N6O3. The summed E-state index contributed by atoms with van der Waals surface area (Å²) in [5, 5.41) is 4.19. The minimum absolute atomic E-state index is 0.000458. The number of nitrogens with zero attached hydrogens (tertiary/aromatic N) is 5. The van der Waals surface area contributed by atoms with E-state index in [-0.39, 0.29) is 16.9 Å². The van der Waals surface area contributed by atoms with Crippen molar-refractivity contribution in [3.63, 3.8) is 0 Å². The zero-order valence-corrected chi connectivity index (χ0v) is 17.9. The van der Waals surface area contributed by atoms with E-state index in [1.807, 2.05) is 21.8 Å². The number of fused-ring (bicyclic) bond motifs is 2. The third kappa shape index (κ3) is 3.98. The first-order valence-corrected chi connectivity index (χ1v) is 11.4. The number of carbonyl (C=O) groups is 1. The highest BCUT2D eigenvalue weighted by molar-refractivity contribution is 5.76. The lowest BCUT2D eigenvalue weighted by molar-refractivity contribution is -0.133. The van der Waals surface area contributed by atoms with Gasteiger partial charge in [0.25, 0.3) is 5.56 Å². The van der Waals surface area contributed by atoms with Gasteiger partial charge in [-0.1, -0.05) is 0 Å². The molecule has 31 heavy (non-hydrogen) atoms. The van der Waals surface area contributed by atoms with Gasteiger partial charge in [0, 0.05) is 62.5 Å². The Labute approximate surface area is 181 Å². The summed E-state index contributed by atoms with van der Waals surface area (Å²) in [5.74, 6) is 0.888. The van der Waals surface area contributed by atoms with E-state index < -0.39 is 0 Å². The van der Waals surface area contributed by atoms with Gasteiger partial charge in [0.05, 0.1) is 18.9 Å². The zero-order valence-electron chi connectivity index (χ0n) is 17.9. The van der Waals surface area contributed by atoms with Crippen molar-refractivity contribution in [3.05, 3.63) is 40.1 Å². The van der Waals surface area contributed by atoms with Crippen LogP contribution in [0.1, 0.15) is 43.4 Å². The highest BCUT2D eigenvalue weighted by Gasteiger charge is 2.44. The predicted molar refractivity (Wildman–Crippen MR) is 115 cm³/mol. The molecule has 2 fully saturated rings. The van der Waals surface area contributed by atoms with Crippen LogP contribution in [0.15, 0.2) is 23.3 Å². The van der Waals surface area contributed by atoms with Gasteiger partial charge in [-0.25, -0.2) is 4.98 Å². The number of hydrogen-bond acceptors (Lipinski definition) is 6. The molecule has 0 saturated carbocycles. The van der Waals surface area contributed by atoms with E-state index in [1.165, 1.54) is 0 Å². The summed E-state index contributed by atoms with van der Waals surface area (Å²) in [6.07, 6.45) is 8.51. The highest BCUT2D eigenvalue weighted by atomic mass is 16.5. The molecule has 1 amide bonds. The van der Waals surface area contributed by atoms with Gasteiger partial charge in [-0.2, -0.15) is 5.10 Å². The summed E-state index contributed by atoms with van der Waals surface area (Å²) in [4.78, 5) is 37.5. The van der Waals surface area contributed by atoms with Crippen LogP contribution >= 0.6 is 0 Å². The lowest BCUT2D eigenvalue weighted by Crippen LogP contribution is -2.45. The second-order valence-electron chi connectivity index (χ2n) is 8.85. The molecule has 4 heterocycles. The van der Waals surface area contributed by atoms with Gasteiger partial charge in [-0.3, -0.25) is 19.3 Å². The minimum Gasteiger partial charge on any atom is -0.378 e. The molecule has 9 nitrogen and oxygen atoms in total. The molecule has 2 aliphatic heterocycles. The van der Waals surface area contributed by atoms with E-state index >= 15 is 0 Å². The Morgan fingerprint density at radius 1 is 1.16 bits per heavy atom. The number of nitrogens with one attached hydrogen (secondary N) is 1. The van der Waals surface area contributed by atoms with Crippen molar-refractivity contribution in [1.29, 1.82) is 0 Å². The van der Waals surface area contributed by atoms with Crippen LogP contribution in [-0.4, -0.2) is 69.9 Å².